The van der Waals surface area contributed by atoms with Crippen molar-refractivity contribution in [2.75, 3.05) is 23.3 Å². The molecule has 1 fully saturated rings. The minimum absolute atomic E-state index is 0.0395. The maximum atomic E-state index is 14.0. The standard InChI is InChI=1S/C27H24ClN5O6/c28-18-7-8-21-19(13-18)27(10-11-29-15-27)39-26(38)33(21)24(35)20(12-16-4-2-1-3-5-16)31-23(34)17-6-9-22(30-14-17)32-25(36)37/h1-9,13-14,20,29H,10-12,15H2,(H,30,32)(H,31,34)(H,36,37)/t20-,27?/m0/s1. The average Bonchev–Trinajstić information content (AvgIpc) is 3.38. The molecule has 0 radical (unpaired) electrons. The van der Waals surface area contributed by atoms with Crippen LogP contribution >= 0.6 is 11.6 Å². The van der Waals surface area contributed by atoms with Gasteiger partial charge in [-0.25, -0.2) is 19.5 Å². The number of rotatable bonds is 6. The van der Waals surface area contributed by atoms with E-state index in [9.17, 15) is 19.2 Å². The van der Waals surface area contributed by atoms with Crippen LogP contribution in [0.3, 0.4) is 0 Å². The van der Waals surface area contributed by atoms with Gasteiger partial charge in [-0.15, -0.1) is 0 Å². The van der Waals surface area contributed by atoms with E-state index in [1.165, 1.54) is 18.3 Å². The number of pyridine rings is 1. The van der Waals surface area contributed by atoms with Crippen molar-refractivity contribution in [1.82, 2.24) is 15.6 Å². The molecule has 5 rings (SSSR count). The van der Waals surface area contributed by atoms with Gasteiger partial charge in [-0.2, -0.15) is 0 Å². The monoisotopic (exact) mass is 549 g/mol. The largest absolute Gasteiger partial charge is 0.465 e. The first-order valence-electron chi connectivity index (χ1n) is 12.1. The van der Waals surface area contributed by atoms with E-state index in [-0.39, 0.29) is 17.8 Å². The molecule has 3 aromatic rings. The van der Waals surface area contributed by atoms with Crippen molar-refractivity contribution in [3.63, 3.8) is 0 Å². The molecule has 11 nitrogen and oxygen atoms in total. The van der Waals surface area contributed by atoms with Gasteiger partial charge in [0.25, 0.3) is 11.8 Å². The van der Waals surface area contributed by atoms with Gasteiger partial charge >= 0.3 is 12.2 Å². The lowest BCUT2D eigenvalue weighted by atomic mass is 9.89. The molecule has 39 heavy (non-hydrogen) atoms. The zero-order chi connectivity index (χ0) is 27.6. The number of anilines is 2. The smallest absolute Gasteiger partial charge is 0.422 e. The molecule has 3 heterocycles. The van der Waals surface area contributed by atoms with E-state index >= 15 is 0 Å². The Hall–Kier alpha value is -4.48. The van der Waals surface area contributed by atoms with Crippen molar-refractivity contribution in [3.05, 3.63) is 88.6 Å². The van der Waals surface area contributed by atoms with Crippen LogP contribution in [0.2, 0.25) is 5.02 Å². The van der Waals surface area contributed by atoms with Crippen LogP contribution in [0.5, 0.6) is 0 Å². The number of nitrogens with one attached hydrogen (secondary N) is 3. The number of amides is 4. The summed E-state index contributed by atoms with van der Waals surface area (Å²) in [5.74, 6) is -1.27. The summed E-state index contributed by atoms with van der Waals surface area (Å²) in [5.41, 5.74) is 0.879. The Kier molecular flexibility index (Phi) is 7.18. The number of carbonyl (C=O) groups excluding carboxylic acids is 3. The van der Waals surface area contributed by atoms with Crippen LogP contribution in [0.15, 0.2) is 66.9 Å². The van der Waals surface area contributed by atoms with Crippen molar-refractivity contribution in [3.8, 4) is 0 Å². The number of fused-ring (bicyclic) bond motifs is 2. The molecule has 1 aromatic heterocycles. The summed E-state index contributed by atoms with van der Waals surface area (Å²) in [4.78, 5) is 56.1. The summed E-state index contributed by atoms with van der Waals surface area (Å²) in [7, 11) is 0. The SMILES string of the molecule is O=C(O)Nc1ccc(C(=O)N[C@@H](Cc2ccccc2)C(=O)N2C(=O)OC3(CCNC3)c3cc(Cl)ccc32)cn1. The summed E-state index contributed by atoms with van der Waals surface area (Å²) in [6.45, 7) is 1.02. The third-order valence-corrected chi connectivity index (χ3v) is 6.87. The molecular weight excluding hydrogens is 526 g/mol. The fraction of sp³-hybridized carbons (Fsp3) is 0.222. The number of nitrogens with zero attached hydrogens (tertiary/aromatic N) is 2. The lowest BCUT2D eigenvalue weighted by Gasteiger charge is -2.40. The van der Waals surface area contributed by atoms with E-state index < -0.39 is 35.6 Å². The minimum atomic E-state index is -1.29. The number of carboxylic acid groups (broad SMARTS) is 1. The van der Waals surface area contributed by atoms with Crippen LogP contribution in [-0.4, -0.2) is 53.2 Å². The van der Waals surface area contributed by atoms with E-state index in [0.717, 1.165) is 10.5 Å². The zero-order valence-electron chi connectivity index (χ0n) is 20.5. The van der Waals surface area contributed by atoms with Crippen molar-refractivity contribution < 1.29 is 29.0 Å². The van der Waals surface area contributed by atoms with Crippen molar-refractivity contribution in [2.45, 2.75) is 24.5 Å². The van der Waals surface area contributed by atoms with Gasteiger partial charge in [-0.1, -0.05) is 41.9 Å². The molecule has 4 amide bonds. The van der Waals surface area contributed by atoms with Crippen molar-refractivity contribution in [2.24, 2.45) is 0 Å². The molecule has 12 heteroatoms. The van der Waals surface area contributed by atoms with Gasteiger partial charge in [0.1, 0.15) is 11.9 Å². The molecule has 4 N–H and O–H groups in total. The van der Waals surface area contributed by atoms with Gasteiger partial charge in [-0.05, 0) is 42.4 Å². The van der Waals surface area contributed by atoms with Crippen molar-refractivity contribution in [1.29, 1.82) is 0 Å². The van der Waals surface area contributed by atoms with Gasteiger partial charge in [0.15, 0.2) is 5.60 Å². The first-order valence-corrected chi connectivity index (χ1v) is 12.5. The first-order chi connectivity index (χ1) is 18.8. The Bertz CT molecular complexity index is 1430. The quantitative estimate of drug-likeness (QED) is 0.364. The summed E-state index contributed by atoms with van der Waals surface area (Å²) in [5, 5.41) is 17.3. The molecule has 2 aliphatic heterocycles. The molecule has 2 aliphatic rings. The maximum absolute atomic E-state index is 14.0. The average molecular weight is 550 g/mol. The van der Waals surface area contributed by atoms with Gasteiger partial charge in [0, 0.05) is 36.2 Å². The normalized spacial score (nSPS) is 18.7. The Morgan fingerprint density at radius 1 is 1.15 bits per heavy atom. The highest BCUT2D eigenvalue weighted by atomic mass is 35.5. The second-order valence-electron chi connectivity index (χ2n) is 9.20. The van der Waals surface area contributed by atoms with Crippen LogP contribution < -0.4 is 20.9 Å². The van der Waals surface area contributed by atoms with Gasteiger partial charge in [-0.3, -0.25) is 14.9 Å². The van der Waals surface area contributed by atoms with Gasteiger partial charge < -0.3 is 20.5 Å². The Morgan fingerprint density at radius 3 is 2.62 bits per heavy atom. The van der Waals surface area contributed by atoms with Crippen LogP contribution in [0.1, 0.15) is 27.9 Å². The van der Waals surface area contributed by atoms with Crippen LogP contribution in [0, 0.1) is 0 Å². The highest BCUT2D eigenvalue weighted by molar-refractivity contribution is 6.31. The molecule has 2 atom stereocenters. The van der Waals surface area contributed by atoms with E-state index in [2.05, 4.69) is 20.9 Å². The lowest BCUT2D eigenvalue weighted by Crippen LogP contribution is -2.56. The summed E-state index contributed by atoms with van der Waals surface area (Å²) in [6.07, 6.45) is -0.321. The highest BCUT2D eigenvalue weighted by Gasteiger charge is 2.49. The lowest BCUT2D eigenvalue weighted by molar-refractivity contribution is -0.120. The van der Waals surface area contributed by atoms with Gasteiger partial charge in [0.05, 0.1) is 11.3 Å². The molecule has 2 aromatic carbocycles. The number of carbonyl (C=O) groups is 4. The van der Waals surface area contributed by atoms with Crippen LogP contribution in [0.25, 0.3) is 0 Å². The number of hydrogen-bond donors (Lipinski definition) is 4. The van der Waals surface area contributed by atoms with E-state index in [4.69, 9.17) is 21.4 Å². The maximum Gasteiger partial charge on any atom is 0.422 e. The Morgan fingerprint density at radius 2 is 1.95 bits per heavy atom. The summed E-state index contributed by atoms with van der Waals surface area (Å²) in [6, 6.07) is 15.5. The molecular formula is C27H24ClN5O6. The predicted molar refractivity (Wildman–Crippen MR) is 142 cm³/mol. The second kappa shape index (κ2) is 10.7. The van der Waals surface area contributed by atoms with E-state index in [0.29, 0.717) is 35.8 Å². The Balaban J connectivity index is 1.47. The molecule has 0 aliphatic carbocycles. The van der Waals surface area contributed by atoms with Crippen molar-refractivity contribution >= 4 is 47.1 Å². The number of imide groups is 1. The van der Waals surface area contributed by atoms with Gasteiger partial charge in [0.2, 0.25) is 0 Å². The second-order valence-corrected chi connectivity index (χ2v) is 9.64. The van der Waals surface area contributed by atoms with Crippen LogP contribution in [0.4, 0.5) is 21.1 Å². The molecule has 0 saturated carbocycles. The number of benzene rings is 2. The Labute approximate surface area is 228 Å². The fourth-order valence-electron chi connectivity index (χ4n) is 4.79. The number of ether oxygens (including phenoxy) is 1. The molecule has 200 valence electrons. The summed E-state index contributed by atoms with van der Waals surface area (Å²) >= 11 is 6.28. The minimum Gasteiger partial charge on any atom is -0.465 e. The molecule has 0 bridgehead atoms. The summed E-state index contributed by atoms with van der Waals surface area (Å²) < 4.78 is 5.85. The third kappa shape index (κ3) is 5.40. The fourth-order valence-corrected chi connectivity index (χ4v) is 4.96. The molecule has 1 spiro atoms. The van der Waals surface area contributed by atoms with Crippen LogP contribution in [-0.2, 0) is 21.6 Å². The predicted octanol–water partition coefficient (Wildman–Crippen LogP) is 3.54. The number of aromatic nitrogens is 1. The zero-order valence-corrected chi connectivity index (χ0v) is 21.3. The highest BCUT2D eigenvalue weighted by Crippen LogP contribution is 2.44. The molecule has 1 saturated heterocycles. The van der Waals surface area contributed by atoms with E-state index in [1.54, 1.807) is 30.3 Å². The van der Waals surface area contributed by atoms with E-state index in [1.807, 2.05) is 18.2 Å². The first kappa shape index (κ1) is 26.1. The third-order valence-electron chi connectivity index (χ3n) is 6.64. The number of halogens is 1. The molecule has 1 unspecified atom stereocenters. The number of hydrogen-bond acceptors (Lipinski definition) is 7. The topological polar surface area (TPSA) is 150 Å².